The molecular weight excluding hydrogens is 356 g/mol. The maximum Gasteiger partial charge on any atom is 0.237 e. The van der Waals surface area contributed by atoms with Gasteiger partial charge in [0.05, 0.1) is 11.9 Å². The van der Waals surface area contributed by atoms with E-state index in [1.165, 1.54) is 23.1 Å². The summed E-state index contributed by atoms with van der Waals surface area (Å²) in [5, 5.41) is 15.0. The predicted octanol–water partition coefficient (Wildman–Crippen LogP) is 3.37. The van der Waals surface area contributed by atoms with Crippen LogP contribution in [0, 0.1) is 0 Å². The number of halogens is 1. The number of ether oxygens (including phenoxy) is 1. The normalized spacial score (nSPS) is 12.0. The van der Waals surface area contributed by atoms with Crippen molar-refractivity contribution >= 4 is 51.4 Å². The van der Waals surface area contributed by atoms with Crippen LogP contribution >= 0.6 is 34.7 Å². The smallest absolute Gasteiger partial charge is 0.237 e. The van der Waals surface area contributed by atoms with E-state index in [0.29, 0.717) is 29.0 Å². The van der Waals surface area contributed by atoms with E-state index in [9.17, 15) is 4.79 Å². The number of aromatic nitrogens is 2. The highest BCUT2D eigenvalue weighted by atomic mass is 35.5. The number of methoxy groups -OCH3 is 1. The zero-order valence-corrected chi connectivity index (χ0v) is 15.1. The second-order valence-corrected chi connectivity index (χ2v) is 7.55. The van der Waals surface area contributed by atoms with Crippen LogP contribution in [0.3, 0.4) is 0 Å². The molecule has 0 spiro atoms. The third-order valence-corrected chi connectivity index (χ3v) is 5.03. The summed E-state index contributed by atoms with van der Waals surface area (Å²) in [6.07, 6.45) is 0. The molecule has 0 saturated carbocycles. The van der Waals surface area contributed by atoms with Gasteiger partial charge in [0.25, 0.3) is 0 Å². The topological polar surface area (TPSA) is 76.1 Å². The van der Waals surface area contributed by atoms with Gasteiger partial charge in [-0.05, 0) is 25.1 Å². The molecule has 1 aromatic carbocycles. The zero-order chi connectivity index (χ0) is 16.7. The maximum atomic E-state index is 12.2. The molecule has 0 aliphatic rings. The van der Waals surface area contributed by atoms with Crippen LogP contribution in [0.5, 0.6) is 0 Å². The van der Waals surface area contributed by atoms with Crippen molar-refractivity contribution in [2.75, 3.05) is 30.9 Å². The van der Waals surface area contributed by atoms with Crippen LogP contribution in [0.2, 0.25) is 5.02 Å². The quantitative estimate of drug-likeness (QED) is 0.546. The predicted molar refractivity (Wildman–Crippen MR) is 95.7 cm³/mol. The van der Waals surface area contributed by atoms with Crippen LogP contribution in [0.25, 0.3) is 0 Å². The Morgan fingerprint density at radius 2 is 2.30 bits per heavy atom. The number of hydrogen-bond donors (Lipinski definition) is 2. The van der Waals surface area contributed by atoms with E-state index >= 15 is 0 Å². The van der Waals surface area contributed by atoms with Crippen LogP contribution in [0.4, 0.5) is 10.8 Å². The molecule has 1 aromatic heterocycles. The molecule has 1 heterocycles. The molecule has 2 N–H and O–H groups in total. The van der Waals surface area contributed by atoms with Gasteiger partial charge in [0, 0.05) is 24.4 Å². The molecule has 6 nitrogen and oxygen atoms in total. The van der Waals surface area contributed by atoms with Gasteiger partial charge in [0.15, 0.2) is 4.34 Å². The fourth-order valence-electron chi connectivity index (χ4n) is 1.60. The molecule has 0 saturated heterocycles. The van der Waals surface area contributed by atoms with Crippen molar-refractivity contribution in [1.29, 1.82) is 0 Å². The number of anilines is 2. The van der Waals surface area contributed by atoms with Crippen LogP contribution in [-0.2, 0) is 9.53 Å². The third-order valence-electron chi connectivity index (χ3n) is 2.73. The van der Waals surface area contributed by atoms with E-state index in [1.807, 2.05) is 6.92 Å². The Labute approximate surface area is 148 Å². The van der Waals surface area contributed by atoms with Gasteiger partial charge < -0.3 is 15.4 Å². The van der Waals surface area contributed by atoms with Gasteiger partial charge in [-0.3, -0.25) is 4.79 Å². The van der Waals surface area contributed by atoms with Crippen molar-refractivity contribution in [2.45, 2.75) is 16.5 Å². The molecule has 0 unspecified atom stereocenters. The largest absolute Gasteiger partial charge is 0.383 e. The van der Waals surface area contributed by atoms with Crippen molar-refractivity contribution < 1.29 is 9.53 Å². The molecule has 0 radical (unpaired) electrons. The highest BCUT2D eigenvalue weighted by molar-refractivity contribution is 8.02. The van der Waals surface area contributed by atoms with Gasteiger partial charge in [-0.25, -0.2) is 0 Å². The van der Waals surface area contributed by atoms with Gasteiger partial charge in [-0.1, -0.05) is 40.8 Å². The van der Waals surface area contributed by atoms with E-state index in [2.05, 4.69) is 20.8 Å². The van der Waals surface area contributed by atoms with E-state index in [1.54, 1.807) is 31.4 Å². The van der Waals surface area contributed by atoms with Crippen molar-refractivity contribution in [3.8, 4) is 0 Å². The molecule has 1 amide bonds. The molecule has 1 atom stereocenters. The van der Waals surface area contributed by atoms with Crippen molar-refractivity contribution in [3.63, 3.8) is 0 Å². The first-order valence-corrected chi connectivity index (χ1v) is 8.95. The lowest BCUT2D eigenvalue weighted by atomic mass is 10.3. The van der Waals surface area contributed by atoms with E-state index < -0.39 is 0 Å². The number of thioether (sulfide) groups is 1. The summed E-state index contributed by atoms with van der Waals surface area (Å²) in [6.45, 7) is 3.09. The van der Waals surface area contributed by atoms with E-state index in [4.69, 9.17) is 16.3 Å². The van der Waals surface area contributed by atoms with Gasteiger partial charge in [-0.15, -0.1) is 10.2 Å². The zero-order valence-electron chi connectivity index (χ0n) is 12.7. The van der Waals surface area contributed by atoms with Crippen LogP contribution in [-0.4, -0.2) is 41.6 Å². The van der Waals surface area contributed by atoms with Gasteiger partial charge in [0.2, 0.25) is 11.0 Å². The van der Waals surface area contributed by atoms with Gasteiger partial charge in [0.1, 0.15) is 0 Å². The maximum absolute atomic E-state index is 12.2. The summed E-state index contributed by atoms with van der Waals surface area (Å²) in [6, 6.07) is 7.05. The lowest BCUT2D eigenvalue weighted by molar-refractivity contribution is -0.115. The van der Waals surface area contributed by atoms with E-state index in [0.717, 1.165) is 4.34 Å². The molecule has 0 fully saturated rings. The van der Waals surface area contributed by atoms with Crippen molar-refractivity contribution in [2.24, 2.45) is 0 Å². The molecule has 0 aliphatic heterocycles. The Morgan fingerprint density at radius 1 is 1.48 bits per heavy atom. The summed E-state index contributed by atoms with van der Waals surface area (Å²) in [7, 11) is 1.64. The third kappa shape index (κ3) is 5.98. The first-order valence-electron chi connectivity index (χ1n) is 6.88. The lowest BCUT2D eigenvalue weighted by Gasteiger charge is -2.10. The molecule has 0 bridgehead atoms. The molecule has 23 heavy (non-hydrogen) atoms. The first kappa shape index (κ1) is 18.0. The monoisotopic (exact) mass is 372 g/mol. The number of carbonyl (C=O) groups excluding carboxylic acids is 1. The van der Waals surface area contributed by atoms with Crippen molar-refractivity contribution in [1.82, 2.24) is 10.2 Å². The van der Waals surface area contributed by atoms with E-state index in [-0.39, 0.29) is 11.2 Å². The molecule has 124 valence electrons. The highest BCUT2D eigenvalue weighted by Crippen LogP contribution is 2.29. The Hall–Kier alpha value is -1.35. The van der Waals surface area contributed by atoms with Crippen LogP contribution in [0.1, 0.15) is 6.92 Å². The van der Waals surface area contributed by atoms with Gasteiger partial charge in [-0.2, -0.15) is 0 Å². The summed E-state index contributed by atoms with van der Waals surface area (Å²) in [4.78, 5) is 12.2. The fourth-order valence-corrected chi connectivity index (χ4v) is 3.72. The molecule has 0 aliphatic carbocycles. The standard InChI is InChI=1S/C14H17ClN4O2S2/c1-9(12(20)17-11-5-3-4-10(15)8-11)22-14-19-18-13(23-14)16-6-7-21-2/h3-5,8-9H,6-7H2,1-2H3,(H,16,18)(H,17,20)/t9-/m0/s1. The summed E-state index contributed by atoms with van der Waals surface area (Å²) in [5.41, 5.74) is 0.675. The summed E-state index contributed by atoms with van der Waals surface area (Å²) < 4.78 is 5.69. The number of nitrogens with one attached hydrogen (secondary N) is 2. The number of carbonyl (C=O) groups is 1. The molecule has 9 heteroatoms. The highest BCUT2D eigenvalue weighted by Gasteiger charge is 2.17. The van der Waals surface area contributed by atoms with Crippen LogP contribution < -0.4 is 10.6 Å². The number of hydrogen-bond acceptors (Lipinski definition) is 7. The lowest BCUT2D eigenvalue weighted by Crippen LogP contribution is -2.22. The SMILES string of the molecule is COCCNc1nnc(S[C@@H](C)C(=O)Nc2cccc(Cl)c2)s1. The Morgan fingerprint density at radius 3 is 3.04 bits per heavy atom. The average Bonchev–Trinajstić information content (AvgIpc) is 2.95. The number of rotatable bonds is 8. The molecule has 2 rings (SSSR count). The average molecular weight is 373 g/mol. The minimum atomic E-state index is -0.297. The second-order valence-electron chi connectivity index (χ2n) is 4.55. The van der Waals surface area contributed by atoms with Crippen LogP contribution in [0.15, 0.2) is 28.6 Å². The Balaban J connectivity index is 1.85. The Kier molecular flexibility index (Phi) is 7.10. The van der Waals surface area contributed by atoms with Crippen molar-refractivity contribution in [3.05, 3.63) is 29.3 Å². The second kappa shape index (κ2) is 9.07. The van der Waals surface area contributed by atoms with Gasteiger partial charge >= 0.3 is 0 Å². The minimum Gasteiger partial charge on any atom is -0.383 e. The number of amides is 1. The summed E-state index contributed by atoms with van der Waals surface area (Å²) in [5.74, 6) is -0.110. The fraction of sp³-hybridized carbons (Fsp3) is 0.357. The summed E-state index contributed by atoms with van der Waals surface area (Å²) >= 11 is 8.68. The number of nitrogens with zero attached hydrogens (tertiary/aromatic N) is 2. The molecular formula is C14H17ClN4O2S2. The minimum absolute atomic E-state index is 0.110. The number of benzene rings is 1. The Bertz CT molecular complexity index is 653. The first-order chi connectivity index (χ1) is 11.1. The molecule has 2 aromatic rings.